The van der Waals surface area contributed by atoms with Crippen LogP contribution in [0.4, 0.5) is 0 Å². The van der Waals surface area contributed by atoms with Gasteiger partial charge in [0.15, 0.2) is 5.78 Å². The van der Waals surface area contributed by atoms with E-state index < -0.39 is 23.5 Å². The molecule has 0 aromatic rings. The van der Waals surface area contributed by atoms with Gasteiger partial charge in [-0.1, -0.05) is 6.08 Å². The van der Waals surface area contributed by atoms with Gasteiger partial charge in [0.25, 0.3) is 0 Å². The molecular weight excluding hydrogens is 204 g/mol. The van der Waals surface area contributed by atoms with Crippen molar-refractivity contribution in [2.24, 2.45) is 0 Å². The molecule has 0 aliphatic heterocycles. The van der Waals surface area contributed by atoms with Crippen LogP contribution in [0, 0.1) is 0 Å². The van der Waals surface area contributed by atoms with E-state index >= 15 is 0 Å². The molecule has 2 N–H and O–H groups in total. The SMILES string of the molecule is O=C(O)CCC(=O)C=CCC(=O)C(=O)O. The summed E-state index contributed by atoms with van der Waals surface area (Å²) in [4.78, 5) is 41.5. The maximum atomic E-state index is 10.9. The van der Waals surface area contributed by atoms with E-state index in [-0.39, 0.29) is 19.3 Å². The van der Waals surface area contributed by atoms with Crippen LogP contribution in [0.2, 0.25) is 0 Å². The van der Waals surface area contributed by atoms with Crippen molar-refractivity contribution in [3.8, 4) is 0 Å². The van der Waals surface area contributed by atoms with Gasteiger partial charge in [-0.25, -0.2) is 4.79 Å². The molecule has 0 spiro atoms. The highest BCUT2D eigenvalue weighted by Crippen LogP contribution is 1.94. The Morgan fingerprint density at radius 2 is 1.60 bits per heavy atom. The Morgan fingerprint density at radius 3 is 2.07 bits per heavy atom. The fraction of sp³-hybridized carbons (Fsp3) is 0.333. The molecule has 82 valence electrons. The second-order valence-electron chi connectivity index (χ2n) is 2.69. The van der Waals surface area contributed by atoms with E-state index in [1.807, 2.05) is 0 Å². The Balaban J connectivity index is 3.87. The van der Waals surface area contributed by atoms with Gasteiger partial charge in [0.05, 0.1) is 6.42 Å². The summed E-state index contributed by atoms with van der Waals surface area (Å²) in [6, 6.07) is 0. The van der Waals surface area contributed by atoms with E-state index in [2.05, 4.69) is 0 Å². The second kappa shape index (κ2) is 6.47. The Morgan fingerprint density at radius 1 is 1.00 bits per heavy atom. The van der Waals surface area contributed by atoms with Gasteiger partial charge in [-0.3, -0.25) is 14.4 Å². The fourth-order valence-electron chi connectivity index (χ4n) is 0.698. The van der Waals surface area contributed by atoms with E-state index in [4.69, 9.17) is 10.2 Å². The average Bonchev–Trinajstić information content (AvgIpc) is 2.14. The van der Waals surface area contributed by atoms with Crippen molar-refractivity contribution >= 4 is 23.5 Å². The number of hydrogen-bond acceptors (Lipinski definition) is 4. The zero-order valence-corrected chi connectivity index (χ0v) is 7.80. The van der Waals surface area contributed by atoms with Gasteiger partial charge >= 0.3 is 11.9 Å². The van der Waals surface area contributed by atoms with Crippen molar-refractivity contribution in [1.82, 2.24) is 0 Å². The van der Waals surface area contributed by atoms with Gasteiger partial charge < -0.3 is 10.2 Å². The molecule has 0 saturated carbocycles. The third kappa shape index (κ3) is 7.12. The minimum atomic E-state index is -1.56. The highest BCUT2D eigenvalue weighted by molar-refractivity contribution is 6.33. The summed E-state index contributed by atoms with van der Waals surface area (Å²) in [7, 11) is 0. The largest absolute Gasteiger partial charge is 0.481 e. The number of rotatable bonds is 7. The highest BCUT2D eigenvalue weighted by atomic mass is 16.4. The molecule has 0 bridgehead atoms. The maximum absolute atomic E-state index is 10.9. The van der Waals surface area contributed by atoms with E-state index in [9.17, 15) is 19.2 Å². The van der Waals surface area contributed by atoms with Crippen LogP contribution in [0.5, 0.6) is 0 Å². The van der Waals surface area contributed by atoms with Gasteiger partial charge in [0.1, 0.15) is 0 Å². The maximum Gasteiger partial charge on any atom is 0.372 e. The molecule has 0 radical (unpaired) electrons. The second-order valence-corrected chi connectivity index (χ2v) is 2.69. The molecule has 6 heteroatoms. The molecule has 6 nitrogen and oxygen atoms in total. The first-order valence-electron chi connectivity index (χ1n) is 4.10. The molecule has 0 aliphatic rings. The summed E-state index contributed by atoms with van der Waals surface area (Å²) in [5.41, 5.74) is 0. The summed E-state index contributed by atoms with van der Waals surface area (Å²) in [6.45, 7) is 0. The van der Waals surface area contributed by atoms with E-state index in [1.165, 1.54) is 0 Å². The lowest BCUT2D eigenvalue weighted by molar-refractivity contribution is -0.148. The summed E-state index contributed by atoms with van der Waals surface area (Å²) in [6.07, 6.45) is 1.32. The number of carboxylic acids is 2. The van der Waals surface area contributed by atoms with E-state index in [1.54, 1.807) is 0 Å². The number of Topliss-reactive ketones (excluding diaryl/α,β-unsaturated/α-hetero) is 1. The minimum absolute atomic E-state index is 0.160. The van der Waals surface area contributed by atoms with Gasteiger partial charge in [0.2, 0.25) is 5.78 Å². The van der Waals surface area contributed by atoms with Gasteiger partial charge in [0, 0.05) is 12.8 Å². The average molecular weight is 214 g/mol. The molecule has 0 rings (SSSR count). The van der Waals surface area contributed by atoms with Gasteiger partial charge in [-0.15, -0.1) is 0 Å². The number of carboxylic acid groups (broad SMARTS) is 2. The quantitative estimate of drug-likeness (QED) is 0.456. The lowest BCUT2D eigenvalue weighted by Gasteiger charge is -1.90. The van der Waals surface area contributed by atoms with E-state index in [0.717, 1.165) is 12.2 Å². The smallest absolute Gasteiger partial charge is 0.372 e. The Labute approximate surface area is 85.2 Å². The number of hydrogen-bond donors (Lipinski definition) is 2. The van der Waals surface area contributed by atoms with Crippen molar-refractivity contribution in [2.75, 3.05) is 0 Å². The highest BCUT2D eigenvalue weighted by Gasteiger charge is 2.08. The first kappa shape index (κ1) is 13.0. The molecule has 0 heterocycles. The zero-order chi connectivity index (χ0) is 11.8. The normalized spacial score (nSPS) is 10.1. The van der Waals surface area contributed by atoms with Crippen molar-refractivity contribution < 1.29 is 29.4 Å². The molecule has 0 aromatic carbocycles. The van der Waals surface area contributed by atoms with Crippen LogP contribution in [0.1, 0.15) is 19.3 Å². The first-order valence-corrected chi connectivity index (χ1v) is 4.10. The number of carbonyl (C=O) groups is 4. The fourth-order valence-corrected chi connectivity index (χ4v) is 0.698. The predicted molar refractivity (Wildman–Crippen MR) is 48.3 cm³/mol. The third-order valence-electron chi connectivity index (χ3n) is 1.43. The molecule has 0 aliphatic carbocycles. The number of ketones is 2. The Bertz CT molecular complexity index is 315. The topological polar surface area (TPSA) is 109 Å². The number of carbonyl (C=O) groups excluding carboxylic acids is 2. The van der Waals surface area contributed by atoms with Crippen LogP contribution in [-0.4, -0.2) is 33.7 Å². The van der Waals surface area contributed by atoms with Crippen LogP contribution in [0.25, 0.3) is 0 Å². The standard InChI is InChI=1S/C9H10O6/c10-6(4-5-8(12)13)2-1-3-7(11)9(14)15/h1-2H,3-5H2,(H,12,13)(H,14,15). The summed E-state index contributed by atoms with van der Waals surface area (Å²) >= 11 is 0. The molecule has 0 atom stereocenters. The lowest BCUT2D eigenvalue weighted by atomic mass is 10.2. The zero-order valence-electron chi connectivity index (χ0n) is 7.80. The van der Waals surface area contributed by atoms with Gasteiger partial charge in [-0.2, -0.15) is 0 Å². The van der Waals surface area contributed by atoms with Crippen molar-refractivity contribution in [1.29, 1.82) is 0 Å². The van der Waals surface area contributed by atoms with Gasteiger partial charge in [-0.05, 0) is 6.08 Å². The number of allylic oxidation sites excluding steroid dienone is 2. The molecule has 0 amide bonds. The van der Waals surface area contributed by atoms with Crippen LogP contribution >= 0.6 is 0 Å². The molecule has 0 fully saturated rings. The van der Waals surface area contributed by atoms with Crippen LogP contribution in [-0.2, 0) is 19.2 Å². The van der Waals surface area contributed by atoms with Crippen molar-refractivity contribution in [2.45, 2.75) is 19.3 Å². The molecule has 0 aromatic heterocycles. The van der Waals surface area contributed by atoms with Crippen LogP contribution in [0.3, 0.4) is 0 Å². The predicted octanol–water partition coefficient (Wildman–Crippen LogP) is 0.0203. The number of aliphatic carboxylic acids is 2. The van der Waals surface area contributed by atoms with Crippen LogP contribution < -0.4 is 0 Å². The molecule has 15 heavy (non-hydrogen) atoms. The minimum Gasteiger partial charge on any atom is -0.481 e. The van der Waals surface area contributed by atoms with Crippen molar-refractivity contribution in [3.63, 3.8) is 0 Å². The van der Waals surface area contributed by atoms with Crippen molar-refractivity contribution in [3.05, 3.63) is 12.2 Å². The lowest BCUT2D eigenvalue weighted by Crippen LogP contribution is -2.10. The summed E-state index contributed by atoms with van der Waals surface area (Å²) < 4.78 is 0. The molecule has 0 unspecified atom stereocenters. The summed E-state index contributed by atoms with van der Waals surface area (Å²) in [5, 5.41) is 16.4. The molecular formula is C9H10O6. The Kier molecular flexibility index (Phi) is 5.62. The molecule has 0 saturated heterocycles. The van der Waals surface area contributed by atoms with Crippen LogP contribution in [0.15, 0.2) is 12.2 Å². The first-order chi connectivity index (χ1) is 6.93. The third-order valence-corrected chi connectivity index (χ3v) is 1.43. The van der Waals surface area contributed by atoms with E-state index in [0.29, 0.717) is 0 Å². The summed E-state index contributed by atoms with van der Waals surface area (Å²) in [5.74, 6) is -4.11. The Hall–Kier alpha value is -1.98. The monoisotopic (exact) mass is 214 g/mol.